The molecule has 0 aliphatic carbocycles. The summed E-state index contributed by atoms with van der Waals surface area (Å²) < 4.78 is 18.8. The van der Waals surface area contributed by atoms with Gasteiger partial charge in [0.15, 0.2) is 5.60 Å². The molecule has 0 spiro atoms. The van der Waals surface area contributed by atoms with Crippen LogP contribution in [-0.4, -0.2) is 61.6 Å². The number of aliphatic hydroxyl groups is 1. The van der Waals surface area contributed by atoms with Crippen molar-refractivity contribution in [3.63, 3.8) is 0 Å². The molecule has 0 unspecified atom stereocenters. The Morgan fingerprint density at radius 1 is 0.708 bits per heavy atom. The maximum atomic E-state index is 11.7. The number of hydrogen-bond donors (Lipinski definition) is 1. The van der Waals surface area contributed by atoms with Gasteiger partial charge in [-0.3, -0.25) is 9.59 Å². The molecule has 0 aliphatic rings. The van der Waals surface area contributed by atoms with Crippen LogP contribution in [0.25, 0.3) is 0 Å². The molecule has 0 aromatic carbocycles. The molecule has 8 heteroatoms. The van der Waals surface area contributed by atoms with E-state index in [-0.39, 0.29) is 19.8 Å². The Morgan fingerprint density at radius 3 is 1.33 bits per heavy atom. The standard InChI is InChI=1S/C12H20O7.C4H10O/c1-4-17-9(13)7-12(16,11(15)19-6-3)8-10(14)18-5-2;1-3-5-4-2/h16H,4-8H2,1-3H3;3-4H2,1-2H3. The number of carbonyl (C=O) groups is 3. The molecule has 0 bridgehead atoms. The third kappa shape index (κ3) is 11.8. The van der Waals surface area contributed by atoms with E-state index >= 15 is 0 Å². The van der Waals surface area contributed by atoms with Gasteiger partial charge in [0.1, 0.15) is 0 Å². The molecule has 142 valence electrons. The smallest absolute Gasteiger partial charge is 0.339 e. The average molecular weight is 350 g/mol. The average Bonchev–Trinajstić information content (AvgIpc) is 2.49. The van der Waals surface area contributed by atoms with Gasteiger partial charge in [0.25, 0.3) is 0 Å². The Hall–Kier alpha value is -1.67. The van der Waals surface area contributed by atoms with Crippen molar-refractivity contribution in [2.45, 2.75) is 53.1 Å². The van der Waals surface area contributed by atoms with E-state index in [1.54, 1.807) is 20.8 Å². The number of esters is 3. The maximum absolute atomic E-state index is 11.7. The van der Waals surface area contributed by atoms with Crippen LogP contribution in [0.15, 0.2) is 0 Å². The second-order valence-corrected chi connectivity index (χ2v) is 4.50. The Bertz CT molecular complexity index is 345. The zero-order valence-corrected chi connectivity index (χ0v) is 15.3. The molecular weight excluding hydrogens is 320 g/mol. The van der Waals surface area contributed by atoms with E-state index in [0.717, 1.165) is 13.2 Å². The van der Waals surface area contributed by atoms with Crippen molar-refractivity contribution < 1.29 is 38.4 Å². The summed E-state index contributed by atoms with van der Waals surface area (Å²) in [5.41, 5.74) is -2.26. The normalized spacial score (nSPS) is 10.2. The Labute approximate surface area is 143 Å². The first-order chi connectivity index (χ1) is 11.3. The number of rotatable bonds is 10. The van der Waals surface area contributed by atoms with Crippen molar-refractivity contribution in [1.29, 1.82) is 0 Å². The van der Waals surface area contributed by atoms with Crippen LogP contribution in [-0.2, 0) is 33.3 Å². The molecule has 0 saturated heterocycles. The van der Waals surface area contributed by atoms with Gasteiger partial charge in [-0.25, -0.2) is 4.79 Å². The molecule has 0 aromatic rings. The maximum Gasteiger partial charge on any atom is 0.339 e. The number of ether oxygens (including phenoxy) is 4. The van der Waals surface area contributed by atoms with Gasteiger partial charge in [-0.05, 0) is 34.6 Å². The highest BCUT2D eigenvalue weighted by Crippen LogP contribution is 2.19. The van der Waals surface area contributed by atoms with Crippen LogP contribution in [0.2, 0.25) is 0 Å². The summed E-state index contributed by atoms with van der Waals surface area (Å²) in [6, 6.07) is 0. The molecular formula is C16H30O8. The van der Waals surface area contributed by atoms with Crippen LogP contribution < -0.4 is 0 Å². The van der Waals surface area contributed by atoms with E-state index in [1.165, 1.54) is 0 Å². The van der Waals surface area contributed by atoms with Crippen LogP contribution in [0.1, 0.15) is 47.5 Å². The SMILES string of the molecule is CCOC(=O)CC(O)(CC(=O)OCC)C(=O)OCC.CCOCC. The Balaban J connectivity index is 0. The van der Waals surface area contributed by atoms with E-state index < -0.39 is 36.4 Å². The summed E-state index contributed by atoms with van der Waals surface area (Å²) in [5, 5.41) is 10.1. The first-order valence-corrected chi connectivity index (χ1v) is 8.09. The largest absolute Gasteiger partial charge is 0.466 e. The molecule has 8 nitrogen and oxygen atoms in total. The molecule has 0 heterocycles. The van der Waals surface area contributed by atoms with Crippen LogP contribution in [0, 0.1) is 0 Å². The lowest BCUT2D eigenvalue weighted by atomic mass is 9.95. The highest BCUT2D eigenvalue weighted by Gasteiger charge is 2.43. The summed E-state index contributed by atoms with van der Waals surface area (Å²) in [6.07, 6.45) is -1.31. The van der Waals surface area contributed by atoms with Gasteiger partial charge in [0, 0.05) is 13.2 Å². The first kappa shape index (κ1) is 24.6. The van der Waals surface area contributed by atoms with Gasteiger partial charge < -0.3 is 24.1 Å². The van der Waals surface area contributed by atoms with Gasteiger partial charge in [-0.15, -0.1) is 0 Å². The molecule has 0 radical (unpaired) electrons. The second kappa shape index (κ2) is 14.9. The Morgan fingerprint density at radius 2 is 1.08 bits per heavy atom. The van der Waals surface area contributed by atoms with Crippen molar-refractivity contribution in [2.24, 2.45) is 0 Å². The lowest BCUT2D eigenvalue weighted by molar-refractivity contribution is -0.177. The quantitative estimate of drug-likeness (QED) is 0.463. The third-order valence-corrected chi connectivity index (χ3v) is 2.55. The van der Waals surface area contributed by atoms with Gasteiger partial charge in [0.2, 0.25) is 0 Å². The molecule has 24 heavy (non-hydrogen) atoms. The van der Waals surface area contributed by atoms with Crippen LogP contribution in [0.3, 0.4) is 0 Å². The minimum Gasteiger partial charge on any atom is -0.466 e. The third-order valence-electron chi connectivity index (χ3n) is 2.55. The van der Waals surface area contributed by atoms with Crippen molar-refractivity contribution in [2.75, 3.05) is 33.0 Å². The van der Waals surface area contributed by atoms with E-state index in [2.05, 4.69) is 14.2 Å². The highest BCUT2D eigenvalue weighted by atomic mass is 16.6. The fourth-order valence-corrected chi connectivity index (χ4v) is 1.58. The molecule has 1 N–H and O–H groups in total. The van der Waals surface area contributed by atoms with E-state index in [9.17, 15) is 19.5 Å². The Kier molecular flexibility index (Phi) is 15.3. The summed E-state index contributed by atoms with van der Waals surface area (Å²) >= 11 is 0. The van der Waals surface area contributed by atoms with Crippen molar-refractivity contribution in [3.8, 4) is 0 Å². The monoisotopic (exact) mass is 350 g/mol. The summed E-state index contributed by atoms with van der Waals surface area (Å²) in [4.78, 5) is 34.4. The lowest BCUT2D eigenvalue weighted by Gasteiger charge is -2.23. The number of carbonyl (C=O) groups excluding carboxylic acids is 3. The van der Waals surface area contributed by atoms with Crippen LogP contribution >= 0.6 is 0 Å². The molecule has 0 atom stereocenters. The zero-order chi connectivity index (χ0) is 19.0. The van der Waals surface area contributed by atoms with Crippen molar-refractivity contribution in [1.82, 2.24) is 0 Å². The predicted molar refractivity (Wildman–Crippen MR) is 86.2 cm³/mol. The van der Waals surface area contributed by atoms with Gasteiger partial charge in [-0.1, -0.05) is 0 Å². The van der Waals surface area contributed by atoms with E-state index in [4.69, 9.17) is 4.74 Å². The fourth-order valence-electron chi connectivity index (χ4n) is 1.58. The van der Waals surface area contributed by atoms with Gasteiger partial charge >= 0.3 is 17.9 Å². The molecule has 0 amide bonds. The van der Waals surface area contributed by atoms with Gasteiger partial charge in [0.05, 0.1) is 32.7 Å². The van der Waals surface area contributed by atoms with E-state index in [1.807, 2.05) is 13.8 Å². The fraction of sp³-hybridized carbons (Fsp3) is 0.812. The summed E-state index contributed by atoms with van der Waals surface area (Å²) in [7, 11) is 0. The number of hydrogen-bond acceptors (Lipinski definition) is 8. The lowest BCUT2D eigenvalue weighted by Crippen LogP contribution is -2.44. The highest BCUT2D eigenvalue weighted by molar-refractivity contribution is 5.90. The molecule has 0 saturated carbocycles. The van der Waals surface area contributed by atoms with Crippen molar-refractivity contribution >= 4 is 17.9 Å². The predicted octanol–water partition coefficient (Wildman–Crippen LogP) is 1.23. The van der Waals surface area contributed by atoms with Crippen LogP contribution in [0.4, 0.5) is 0 Å². The topological polar surface area (TPSA) is 108 Å². The molecule has 0 rings (SSSR count). The molecule has 0 aliphatic heterocycles. The molecule has 0 fully saturated rings. The summed E-state index contributed by atoms with van der Waals surface area (Å²) in [5.74, 6) is -2.62. The molecule has 0 aromatic heterocycles. The van der Waals surface area contributed by atoms with E-state index in [0.29, 0.717) is 0 Å². The summed E-state index contributed by atoms with van der Waals surface area (Å²) in [6.45, 7) is 10.6. The second-order valence-electron chi connectivity index (χ2n) is 4.50. The minimum absolute atomic E-state index is 0.0206. The minimum atomic E-state index is -2.26. The first-order valence-electron chi connectivity index (χ1n) is 8.09. The van der Waals surface area contributed by atoms with Crippen molar-refractivity contribution in [3.05, 3.63) is 0 Å². The zero-order valence-electron chi connectivity index (χ0n) is 15.3. The van der Waals surface area contributed by atoms with Crippen LogP contribution in [0.5, 0.6) is 0 Å². The van der Waals surface area contributed by atoms with Gasteiger partial charge in [-0.2, -0.15) is 0 Å².